The molecule has 0 aliphatic carbocycles. The van der Waals surface area contributed by atoms with Crippen molar-refractivity contribution in [2.75, 3.05) is 19.7 Å². The summed E-state index contributed by atoms with van der Waals surface area (Å²) in [5, 5.41) is 23.3. The standard InChI is InChI=1S/C17H18FNO3/c18-13-5-6-16-15(9-13)17(21,11-19-7-8-20)14-4-2-1-3-12(14)10-22-16/h1-6,9,19-21H,7-8,10-11H2. The maximum atomic E-state index is 13.7. The van der Waals surface area contributed by atoms with Crippen molar-refractivity contribution in [2.24, 2.45) is 0 Å². The van der Waals surface area contributed by atoms with E-state index in [2.05, 4.69) is 5.32 Å². The average Bonchev–Trinajstić information content (AvgIpc) is 2.64. The summed E-state index contributed by atoms with van der Waals surface area (Å²) in [7, 11) is 0. The molecular weight excluding hydrogens is 285 g/mol. The zero-order valence-corrected chi connectivity index (χ0v) is 12.1. The SMILES string of the molecule is OCCNCC1(O)c2ccccc2COc2ccc(F)cc21. The van der Waals surface area contributed by atoms with Crippen molar-refractivity contribution >= 4 is 0 Å². The molecule has 1 aliphatic heterocycles. The summed E-state index contributed by atoms with van der Waals surface area (Å²) in [6.45, 7) is 0.779. The summed E-state index contributed by atoms with van der Waals surface area (Å²) in [6, 6.07) is 11.6. The Kier molecular flexibility index (Phi) is 4.11. The molecule has 2 aromatic rings. The molecular formula is C17H18FNO3. The molecule has 2 aromatic carbocycles. The lowest BCUT2D eigenvalue weighted by Crippen LogP contribution is -2.40. The topological polar surface area (TPSA) is 61.7 Å². The van der Waals surface area contributed by atoms with Gasteiger partial charge in [0.25, 0.3) is 0 Å². The van der Waals surface area contributed by atoms with Crippen molar-refractivity contribution < 1.29 is 19.3 Å². The van der Waals surface area contributed by atoms with Gasteiger partial charge in [-0.2, -0.15) is 0 Å². The van der Waals surface area contributed by atoms with E-state index in [0.29, 0.717) is 30.0 Å². The van der Waals surface area contributed by atoms with Gasteiger partial charge in [0.2, 0.25) is 0 Å². The molecule has 5 heteroatoms. The first kappa shape index (κ1) is 15.0. The molecule has 3 N–H and O–H groups in total. The lowest BCUT2D eigenvalue weighted by Gasteiger charge is -2.30. The fraction of sp³-hybridized carbons (Fsp3) is 0.294. The van der Waals surface area contributed by atoms with Gasteiger partial charge in [0.05, 0.1) is 6.61 Å². The van der Waals surface area contributed by atoms with Gasteiger partial charge in [-0.1, -0.05) is 24.3 Å². The molecule has 22 heavy (non-hydrogen) atoms. The summed E-state index contributed by atoms with van der Waals surface area (Å²) >= 11 is 0. The number of benzene rings is 2. The average molecular weight is 303 g/mol. The van der Waals surface area contributed by atoms with Crippen LogP contribution in [0, 0.1) is 5.82 Å². The van der Waals surface area contributed by atoms with Crippen molar-refractivity contribution in [1.82, 2.24) is 5.32 Å². The Bertz CT molecular complexity index is 677. The van der Waals surface area contributed by atoms with E-state index in [-0.39, 0.29) is 13.2 Å². The van der Waals surface area contributed by atoms with E-state index in [4.69, 9.17) is 9.84 Å². The minimum Gasteiger partial charge on any atom is -0.488 e. The van der Waals surface area contributed by atoms with E-state index >= 15 is 0 Å². The van der Waals surface area contributed by atoms with Gasteiger partial charge in [0.15, 0.2) is 0 Å². The number of hydrogen-bond acceptors (Lipinski definition) is 4. The van der Waals surface area contributed by atoms with Crippen LogP contribution in [0.3, 0.4) is 0 Å². The highest BCUT2D eigenvalue weighted by Crippen LogP contribution is 2.40. The molecule has 1 atom stereocenters. The lowest BCUT2D eigenvalue weighted by atomic mass is 9.83. The van der Waals surface area contributed by atoms with E-state index in [1.165, 1.54) is 18.2 Å². The van der Waals surface area contributed by atoms with Crippen LogP contribution >= 0.6 is 0 Å². The normalized spacial score (nSPS) is 19.8. The van der Waals surface area contributed by atoms with E-state index in [1.807, 2.05) is 24.3 Å². The first-order valence-electron chi connectivity index (χ1n) is 7.20. The number of fused-ring (bicyclic) bond motifs is 2. The smallest absolute Gasteiger partial charge is 0.131 e. The number of halogens is 1. The van der Waals surface area contributed by atoms with Crippen molar-refractivity contribution in [3.8, 4) is 5.75 Å². The van der Waals surface area contributed by atoms with Crippen molar-refractivity contribution in [3.05, 3.63) is 65.0 Å². The highest BCUT2D eigenvalue weighted by atomic mass is 19.1. The third kappa shape index (κ3) is 2.59. The van der Waals surface area contributed by atoms with E-state index < -0.39 is 11.4 Å². The molecule has 0 fully saturated rings. The molecule has 0 bridgehead atoms. The number of aliphatic hydroxyl groups excluding tert-OH is 1. The number of aliphatic hydroxyl groups is 2. The van der Waals surface area contributed by atoms with Crippen LogP contribution in [0.1, 0.15) is 16.7 Å². The van der Waals surface area contributed by atoms with Gasteiger partial charge in [-0.3, -0.25) is 0 Å². The summed E-state index contributed by atoms with van der Waals surface area (Å²) in [5.41, 5.74) is 0.514. The Hall–Kier alpha value is -1.95. The van der Waals surface area contributed by atoms with Gasteiger partial charge in [-0.25, -0.2) is 4.39 Å². The predicted molar refractivity (Wildman–Crippen MR) is 80.1 cm³/mol. The number of ether oxygens (including phenoxy) is 1. The third-order valence-electron chi connectivity index (χ3n) is 3.90. The van der Waals surface area contributed by atoms with Crippen LogP contribution < -0.4 is 10.1 Å². The van der Waals surface area contributed by atoms with Gasteiger partial charge in [0.1, 0.15) is 23.8 Å². The lowest BCUT2D eigenvalue weighted by molar-refractivity contribution is 0.0776. The summed E-state index contributed by atoms with van der Waals surface area (Å²) in [5.74, 6) is 0.0354. The molecule has 0 radical (unpaired) electrons. The molecule has 0 spiro atoms. The van der Waals surface area contributed by atoms with Crippen molar-refractivity contribution in [3.63, 3.8) is 0 Å². The summed E-state index contributed by atoms with van der Waals surface area (Å²) < 4.78 is 19.4. The van der Waals surface area contributed by atoms with Crippen LogP contribution in [0.4, 0.5) is 4.39 Å². The zero-order chi connectivity index (χ0) is 15.6. The summed E-state index contributed by atoms with van der Waals surface area (Å²) in [6.07, 6.45) is 0. The minimum atomic E-state index is -1.42. The van der Waals surface area contributed by atoms with E-state index in [9.17, 15) is 9.50 Å². The minimum absolute atomic E-state index is 0.0375. The highest BCUT2D eigenvalue weighted by Gasteiger charge is 2.38. The number of hydrogen-bond donors (Lipinski definition) is 3. The maximum absolute atomic E-state index is 13.7. The molecule has 1 heterocycles. The number of rotatable bonds is 4. The Morgan fingerprint density at radius 2 is 2.00 bits per heavy atom. The van der Waals surface area contributed by atoms with Gasteiger partial charge in [-0.05, 0) is 29.3 Å². The first-order chi connectivity index (χ1) is 10.6. The molecule has 1 aliphatic rings. The zero-order valence-electron chi connectivity index (χ0n) is 12.1. The molecule has 4 nitrogen and oxygen atoms in total. The van der Waals surface area contributed by atoms with Gasteiger partial charge < -0.3 is 20.3 Å². The Morgan fingerprint density at radius 3 is 2.82 bits per heavy atom. The summed E-state index contributed by atoms with van der Waals surface area (Å²) in [4.78, 5) is 0. The molecule has 0 aromatic heterocycles. The van der Waals surface area contributed by atoms with Crippen LogP contribution in [0.15, 0.2) is 42.5 Å². The monoisotopic (exact) mass is 303 g/mol. The highest BCUT2D eigenvalue weighted by molar-refractivity contribution is 5.49. The fourth-order valence-corrected chi connectivity index (χ4v) is 2.84. The first-order valence-corrected chi connectivity index (χ1v) is 7.20. The molecule has 116 valence electrons. The van der Waals surface area contributed by atoms with Crippen LogP contribution in [0.5, 0.6) is 5.75 Å². The predicted octanol–water partition coefficient (Wildman–Crippen LogP) is 1.54. The largest absolute Gasteiger partial charge is 0.488 e. The van der Waals surface area contributed by atoms with Crippen molar-refractivity contribution in [1.29, 1.82) is 0 Å². The second kappa shape index (κ2) is 6.04. The number of nitrogens with one attached hydrogen (secondary N) is 1. The maximum Gasteiger partial charge on any atom is 0.131 e. The van der Waals surface area contributed by atoms with E-state index in [1.54, 1.807) is 0 Å². The third-order valence-corrected chi connectivity index (χ3v) is 3.90. The Morgan fingerprint density at radius 1 is 1.18 bits per heavy atom. The van der Waals surface area contributed by atoms with E-state index in [0.717, 1.165) is 5.56 Å². The van der Waals surface area contributed by atoms with Gasteiger partial charge in [0, 0.05) is 18.7 Å². The van der Waals surface area contributed by atoms with Crippen molar-refractivity contribution in [2.45, 2.75) is 12.2 Å². The fourth-order valence-electron chi connectivity index (χ4n) is 2.84. The molecule has 3 rings (SSSR count). The molecule has 1 unspecified atom stereocenters. The van der Waals surface area contributed by atoms with Crippen LogP contribution in [0.2, 0.25) is 0 Å². The van der Waals surface area contributed by atoms with Gasteiger partial charge >= 0.3 is 0 Å². The Balaban J connectivity index is 2.13. The van der Waals surface area contributed by atoms with Crippen LogP contribution in [-0.2, 0) is 12.2 Å². The molecule has 0 amide bonds. The van der Waals surface area contributed by atoms with Gasteiger partial charge in [-0.15, -0.1) is 0 Å². The molecule has 0 saturated carbocycles. The second-order valence-corrected chi connectivity index (χ2v) is 5.35. The van der Waals surface area contributed by atoms with Crippen LogP contribution in [-0.4, -0.2) is 29.9 Å². The molecule has 0 saturated heterocycles. The second-order valence-electron chi connectivity index (χ2n) is 5.35. The quantitative estimate of drug-likeness (QED) is 0.750. The Labute approximate surface area is 128 Å². The van der Waals surface area contributed by atoms with Crippen LogP contribution in [0.25, 0.3) is 0 Å².